The lowest BCUT2D eigenvalue weighted by molar-refractivity contribution is 0.615. The summed E-state index contributed by atoms with van der Waals surface area (Å²) in [5.74, 6) is 1.99. The van der Waals surface area contributed by atoms with Crippen molar-refractivity contribution < 1.29 is 0 Å². The van der Waals surface area contributed by atoms with Gasteiger partial charge in [0.05, 0.1) is 17.6 Å². The van der Waals surface area contributed by atoms with Gasteiger partial charge in [-0.15, -0.1) is 0 Å². The molecule has 2 heterocycles. The van der Waals surface area contributed by atoms with Crippen LogP contribution in [0.3, 0.4) is 0 Å². The molecule has 0 bridgehead atoms. The van der Waals surface area contributed by atoms with Gasteiger partial charge in [-0.1, -0.05) is 32.2 Å². The molecule has 0 spiro atoms. The number of aliphatic imine (C=N–C) groups is 1. The summed E-state index contributed by atoms with van der Waals surface area (Å²) in [7, 11) is 2.01. The number of nitrogens with one attached hydrogen (secondary N) is 1. The zero-order valence-corrected chi connectivity index (χ0v) is 14.7. The van der Waals surface area contributed by atoms with E-state index in [-0.39, 0.29) is 0 Å². The molecular formula is C20H24N4. The van der Waals surface area contributed by atoms with E-state index in [1.165, 1.54) is 0 Å². The van der Waals surface area contributed by atoms with Crippen LogP contribution in [0.1, 0.15) is 30.3 Å². The number of aromatic amines is 1. The summed E-state index contributed by atoms with van der Waals surface area (Å²) in [5.41, 5.74) is 6.44. The molecule has 1 aliphatic heterocycles. The molecule has 1 aromatic heterocycles. The van der Waals surface area contributed by atoms with E-state index in [2.05, 4.69) is 44.1 Å². The van der Waals surface area contributed by atoms with E-state index in [4.69, 9.17) is 9.98 Å². The van der Waals surface area contributed by atoms with Gasteiger partial charge in [0.15, 0.2) is 0 Å². The molecule has 1 N–H and O–H groups in total. The minimum absolute atomic E-state index is 0.631. The van der Waals surface area contributed by atoms with E-state index >= 15 is 0 Å². The number of rotatable bonds is 4. The lowest BCUT2D eigenvalue weighted by atomic mass is 10.0. The molecular weight excluding hydrogens is 296 g/mol. The van der Waals surface area contributed by atoms with Crippen molar-refractivity contribution in [1.82, 2.24) is 14.9 Å². The number of benzene rings is 1. The van der Waals surface area contributed by atoms with Crippen LogP contribution < -0.4 is 0 Å². The highest BCUT2D eigenvalue weighted by Gasteiger charge is 2.21. The van der Waals surface area contributed by atoms with Gasteiger partial charge in [-0.2, -0.15) is 0 Å². The molecule has 4 heteroatoms. The standard InChI is InChI=1S/C20H24N4/c1-6-8-15-12-21-20(24(5)14(15)4)16-10-13(3)19-17(11-16)22-18(23-19)9-7-2/h6,8,10-11H,1,4,7,9,12H2,2-3,5H3,(H,22,23)/b15-8-. The van der Waals surface area contributed by atoms with Crippen molar-refractivity contribution in [1.29, 1.82) is 0 Å². The van der Waals surface area contributed by atoms with Gasteiger partial charge in [0.2, 0.25) is 0 Å². The lowest BCUT2D eigenvalue weighted by Crippen LogP contribution is -2.32. The molecule has 0 unspecified atom stereocenters. The Kier molecular flexibility index (Phi) is 4.38. The Morgan fingerprint density at radius 3 is 2.88 bits per heavy atom. The van der Waals surface area contributed by atoms with E-state index in [0.29, 0.717) is 6.54 Å². The molecule has 4 nitrogen and oxygen atoms in total. The second kappa shape index (κ2) is 6.48. The summed E-state index contributed by atoms with van der Waals surface area (Å²) in [4.78, 5) is 15.0. The molecule has 1 aromatic carbocycles. The van der Waals surface area contributed by atoms with Crippen molar-refractivity contribution >= 4 is 16.9 Å². The van der Waals surface area contributed by atoms with Gasteiger partial charge in [0.25, 0.3) is 0 Å². The molecule has 0 atom stereocenters. The Balaban J connectivity index is 2.04. The van der Waals surface area contributed by atoms with Crippen molar-refractivity contribution in [2.24, 2.45) is 4.99 Å². The highest BCUT2D eigenvalue weighted by Crippen LogP contribution is 2.25. The predicted molar refractivity (Wildman–Crippen MR) is 101 cm³/mol. The molecule has 124 valence electrons. The van der Waals surface area contributed by atoms with Crippen molar-refractivity contribution in [2.45, 2.75) is 26.7 Å². The molecule has 2 aromatic rings. The normalized spacial score (nSPS) is 16.8. The van der Waals surface area contributed by atoms with Gasteiger partial charge in [-0.3, -0.25) is 4.99 Å². The fraction of sp³-hybridized carbons (Fsp3) is 0.300. The monoisotopic (exact) mass is 320 g/mol. The highest BCUT2D eigenvalue weighted by atomic mass is 15.2. The van der Waals surface area contributed by atoms with Crippen LogP contribution in [-0.4, -0.2) is 34.3 Å². The molecule has 0 aliphatic carbocycles. The summed E-state index contributed by atoms with van der Waals surface area (Å²) >= 11 is 0. The number of aromatic nitrogens is 2. The average Bonchev–Trinajstić information content (AvgIpc) is 2.96. The smallest absolute Gasteiger partial charge is 0.135 e. The molecule has 0 amide bonds. The first kappa shape index (κ1) is 16.2. The molecule has 0 fully saturated rings. The number of fused-ring (bicyclic) bond motifs is 1. The number of H-pyrrole nitrogens is 1. The number of amidine groups is 1. The van der Waals surface area contributed by atoms with Gasteiger partial charge in [0, 0.05) is 24.7 Å². The zero-order chi connectivity index (χ0) is 17.3. The minimum atomic E-state index is 0.631. The Morgan fingerprint density at radius 2 is 2.17 bits per heavy atom. The molecule has 24 heavy (non-hydrogen) atoms. The maximum atomic E-state index is 4.75. The fourth-order valence-corrected chi connectivity index (χ4v) is 3.10. The van der Waals surface area contributed by atoms with Crippen molar-refractivity contribution in [3.05, 3.63) is 65.7 Å². The summed E-state index contributed by atoms with van der Waals surface area (Å²) in [6, 6.07) is 4.29. The van der Waals surface area contributed by atoms with Crippen molar-refractivity contribution in [2.75, 3.05) is 13.6 Å². The Morgan fingerprint density at radius 1 is 1.38 bits per heavy atom. The van der Waals surface area contributed by atoms with Crippen LogP contribution in [0.15, 0.2) is 53.7 Å². The molecule has 3 rings (SSSR count). The van der Waals surface area contributed by atoms with Crippen molar-refractivity contribution in [3.63, 3.8) is 0 Å². The maximum absolute atomic E-state index is 4.75. The molecule has 1 aliphatic rings. The molecule has 0 saturated heterocycles. The summed E-state index contributed by atoms with van der Waals surface area (Å²) in [6.45, 7) is 12.8. The number of hydrogen-bond donors (Lipinski definition) is 1. The Bertz CT molecular complexity index is 867. The van der Waals surface area contributed by atoms with Gasteiger partial charge >= 0.3 is 0 Å². The van der Waals surface area contributed by atoms with Gasteiger partial charge in [0.1, 0.15) is 11.7 Å². The SMILES string of the molecule is C=C/C=C1/CN=C(c2cc(C)c3nc(CCC)[nH]c3c2)N(C)C1=C. The van der Waals surface area contributed by atoms with Crippen LogP contribution in [-0.2, 0) is 6.42 Å². The van der Waals surface area contributed by atoms with Crippen molar-refractivity contribution in [3.8, 4) is 0 Å². The third kappa shape index (κ3) is 2.80. The zero-order valence-electron chi connectivity index (χ0n) is 14.7. The maximum Gasteiger partial charge on any atom is 0.135 e. The largest absolute Gasteiger partial charge is 0.342 e. The Labute approximate surface area is 143 Å². The lowest BCUT2D eigenvalue weighted by Gasteiger charge is -2.29. The number of aryl methyl sites for hydroxylation is 2. The highest BCUT2D eigenvalue weighted by molar-refractivity contribution is 6.03. The van der Waals surface area contributed by atoms with Crippen LogP contribution in [0.5, 0.6) is 0 Å². The van der Waals surface area contributed by atoms with Gasteiger partial charge in [-0.05, 0) is 36.6 Å². The molecule has 0 saturated carbocycles. The third-order valence-electron chi connectivity index (χ3n) is 4.38. The first-order chi connectivity index (χ1) is 11.5. The summed E-state index contributed by atoms with van der Waals surface area (Å²) in [5, 5.41) is 0. The number of nitrogens with zero attached hydrogens (tertiary/aromatic N) is 3. The van der Waals surface area contributed by atoms with Crippen LogP contribution in [0.25, 0.3) is 11.0 Å². The average molecular weight is 320 g/mol. The third-order valence-corrected chi connectivity index (χ3v) is 4.38. The van der Waals surface area contributed by atoms with Crippen LogP contribution in [0, 0.1) is 6.92 Å². The molecule has 0 radical (unpaired) electrons. The number of allylic oxidation sites excluding steroid dienone is 2. The van der Waals surface area contributed by atoms with E-state index in [9.17, 15) is 0 Å². The first-order valence-electron chi connectivity index (χ1n) is 8.33. The van der Waals surface area contributed by atoms with E-state index in [1.54, 1.807) is 6.08 Å². The number of likely N-dealkylation sites (N-methyl/N-ethyl adjacent to an activating group) is 1. The van der Waals surface area contributed by atoms with Crippen LogP contribution >= 0.6 is 0 Å². The van der Waals surface area contributed by atoms with Gasteiger partial charge in [-0.25, -0.2) is 4.98 Å². The van der Waals surface area contributed by atoms with Crippen LogP contribution in [0.4, 0.5) is 0 Å². The second-order valence-corrected chi connectivity index (χ2v) is 6.20. The van der Waals surface area contributed by atoms with Gasteiger partial charge < -0.3 is 9.88 Å². The van der Waals surface area contributed by atoms with E-state index in [1.807, 2.05) is 18.0 Å². The number of imidazole rings is 1. The topological polar surface area (TPSA) is 44.3 Å². The van der Waals surface area contributed by atoms with E-state index in [0.717, 1.165) is 57.9 Å². The summed E-state index contributed by atoms with van der Waals surface area (Å²) in [6.07, 6.45) is 5.81. The minimum Gasteiger partial charge on any atom is -0.342 e. The van der Waals surface area contributed by atoms with Crippen LogP contribution in [0.2, 0.25) is 0 Å². The quantitative estimate of drug-likeness (QED) is 0.920. The Hall–Kier alpha value is -2.62. The van der Waals surface area contributed by atoms with E-state index < -0.39 is 0 Å². The second-order valence-electron chi connectivity index (χ2n) is 6.20. The first-order valence-corrected chi connectivity index (χ1v) is 8.33. The summed E-state index contributed by atoms with van der Waals surface area (Å²) < 4.78 is 0. The fourth-order valence-electron chi connectivity index (χ4n) is 3.10. The number of hydrogen-bond acceptors (Lipinski definition) is 3. The predicted octanol–water partition coefficient (Wildman–Crippen LogP) is 4.14.